The van der Waals surface area contributed by atoms with Crippen molar-refractivity contribution >= 4 is 17.3 Å². The summed E-state index contributed by atoms with van der Waals surface area (Å²) >= 11 is 1.37. The standard InChI is InChI=1S/C16H18N2O2S/c1-11(18-8-2-3-9-18)12-4-6-13(7-5-12)15-17-14(10-21-15)16(19)20/h4-7,10-11H,2-3,8-9H2,1H3,(H,19,20). The third kappa shape index (κ3) is 2.99. The van der Waals surface area contributed by atoms with Gasteiger partial charge in [0.15, 0.2) is 5.69 Å². The summed E-state index contributed by atoms with van der Waals surface area (Å²) in [6.45, 7) is 4.60. The maximum atomic E-state index is 10.9. The van der Waals surface area contributed by atoms with Gasteiger partial charge < -0.3 is 5.11 Å². The van der Waals surface area contributed by atoms with E-state index >= 15 is 0 Å². The Morgan fingerprint density at radius 3 is 2.52 bits per heavy atom. The van der Waals surface area contributed by atoms with Gasteiger partial charge in [-0.3, -0.25) is 4.90 Å². The molecule has 5 heteroatoms. The maximum absolute atomic E-state index is 10.9. The first-order valence-electron chi connectivity index (χ1n) is 7.18. The summed E-state index contributed by atoms with van der Waals surface area (Å²) in [4.78, 5) is 17.5. The van der Waals surface area contributed by atoms with Crippen LogP contribution in [0.3, 0.4) is 0 Å². The van der Waals surface area contributed by atoms with Gasteiger partial charge in [0.1, 0.15) is 5.01 Å². The van der Waals surface area contributed by atoms with Crippen molar-refractivity contribution in [2.24, 2.45) is 0 Å². The molecule has 1 aromatic heterocycles. The molecule has 0 spiro atoms. The second-order valence-electron chi connectivity index (χ2n) is 5.38. The van der Waals surface area contributed by atoms with Crippen LogP contribution in [0, 0.1) is 0 Å². The number of aromatic nitrogens is 1. The number of carboxylic acids is 1. The van der Waals surface area contributed by atoms with E-state index in [4.69, 9.17) is 5.11 Å². The predicted molar refractivity (Wildman–Crippen MR) is 83.7 cm³/mol. The Hall–Kier alpha value is -1.72. The van der Waals surface area contributed by atoms with Gasteiger partial charge in [-0.05, 0) is 38.4 Å². The molecule has 1 atom stereocenters. The van der Waals surface area contributed by atoms with Crippen LogP contribution in [0.1, 0.15) is 41.9 Å². The first-order chi connectivity index (χ1) is 10.1. The summed E-state index contributed by atoms with van der Waals surface area (Å²) in [5.74, 6) is -0.975. The minimum absolute atomic E-state index is 0.115. The molecular weight excluding hydrogens is 284 g/mol. The van der Waals surface area contributed by atoms with Crippen LogP contribution in [-0.4, -0.2) is 34.0 Å². The number of rotatable bonds is 4. The molecule has 2 aromatic rings. The van der Waals surface area contributed by atoms with Crippen LogP contribution in [0.25, 0.3) is 10.6 Å². The molecule has 3 rings (SSSR count). The number of nitrogens with zero attached hydrogens (tertiary/aromatic N) is 2. The highest BCUT2D eigenvalue weighted by Crippen LogP contribution is 2.28. The molecule has 1 aromatic carbocycles. The zero-order valence-corrected chi connectivity index (χ0v) is 12.8. The summed E-state index contributed by atoms with van der Waals surface area (Å²) in [7, 11) is 0. The number of likely N-dealkylation sites (tertiary alicyclic amines) is 1. The number of carbonyl (C=O) groups is 1. The lowest BCUT2D eigenvalue weighted by atomic mass is 10.1. The smallest absolute Gasteiger partial charge is 0.355 e. The van der Waals surface area contributed by atoms with Crippen molar-refractivity contribution in [3.05, 3.63) is 40.9 Å². The van der Waals surface area contributed by atoms with Crippen LogP contribution < -0.4 is 0 Å². The molecule has 21 heavy (non-hydrogen) atoms. The van der Waals surface area contributed by atoms with E-state index in [1.807, 2.05) is 12.1 Å². The van der Waals surface area contributed by atoms with Gasteiger partial charge in [0.25, 0.3) is 0 Å². The van der Waals surface area contributed by atoms with Gasteiger partial charge in [0, 0.05) is 17.0 Å². The highest BCUT2D eigenvalue weighted by atomic mass is 32.1. The van der Waals surface area contributed by atoms with E-state index in [1.165, 1.54) is 42.8 Å². The fourth-order valence-corrected chi connectivity index (χ4v) is 3.55. The lowest BCUT2D eigenvalue weighted by Crippen LogP contribution is -2.23. The third-order valence-corrected chi connectivity index (χ3v) is 4.94. The largest absolute Gasteiger partial charge is 0.476 e. The van der Waals surface area contributed by atoms with Crippen molar-refractivity contribution in [1.82, 2.24) is 9.88 Å². The van der Waals surface area contributed by atoms with E-state index in [0.29, 0.717) is 6.04 Å². The van der Waals surface area contributed by atoms with Crippen LogP contribution in [0.15, 0.2) is 29.6 Å². The molecule has 1 aliphatic heterocycles. The van der Waals surface area contributed by atoms with Gasteiger partial charge in [-0.25, -0.2) is 9.78 Å². The zero-order valence-electron chi connectivity index (χ0n) is 12.0. The molecule has 110 valence electrons. The fourth-order valence-electron chi connectivity index (χ4n) is 2.75. The van der Waals surface area contributed by atoms with Crippen LogP contribution >= 0.6 is 11.3 Å². The minimum Gasteiger partial charge on any atom is -0.476 e. The van der Waals surface area contributed by atoms with Crippen LogP contribution in [0.5, 0.6) is 0 Å². The maximum Gasteiger partial charge on any atom is 0.355 e. The van der Waals surface area contributed by atoms with Crippen molar-refractivity contribution in [1.29, 1.82) is 0 Å². The van der Waals surface area contributed by atoms with Gasteiger partial charge >= 0.3 is 5.97 Å². The molecule has 1 N–H and O–H groups in total. The van der Waals surface area contributed by atoms with E-state index in [0.717, 1.165) is 10.6 Å². The fraction of sp³-hybridized carbons (Fsp3) is 0.375. The zero-order chi connectivity index (χ0) is 14.8. The lowest BCUT2D eigenvalue weighted by molar-refractivity contribution is 0.0691. The Morgan fingerprint density at radius 1 is 1.29 bits per heavy atom. The van der Waals surface area contributed by atoms with Gasteiger partial charge in [-0.15, -0.1) is 11.3 Å². The topological polar surface area (TPSA) is 53.4 Å². The summed E-state index contributed by atoms with van der Waals surface area (Å²) in [6.07, 6.45) is 2.58. The molecule has 0 bridgehead atoms. The molecule has 0 amide bonds. The Kier molecular flexibility index (Phi) is 4.03. The summed E-state index contributed by atoms with van der Waals surface area (Å²) in [6, 6.07) is 8.76. The quantitative estimate of drug-likeness (QED) is 0.936. The number of hydrogen-bond donors (Lipinski definition) is 1. The molecule has 4 nitrogen and oxygen atoms in total. The molecule has 0 radical (unpaired) electrons. The summed E-state index contributed by atoms with van der Waals surface area (Å²) in [5, 5.41) is 11.3. The van der Waals surface area contributed by atoms with Crippen LogP contribution in [0.4, 0.5) is 0 Å². The van der Waals surface area contributed by atoms with E-state index in [2.05, 4.69) is 28.9 Å². The number of thiazole rings is 1. The van der Waals surface area contributed by atoms with Gasteiger partial charge in [0.05, 0.1) is 0 Å². The average Bonchev–Trinajstić information content (AvgIpc) is 3.18. The number of carboxylic acid groups (broad SMARTS) is 1. The minimum atomic E-state index is -0.975. The van der Waals surface area contributed by atoms with Gasteiger partial charge in [-0.1, -0.05) is 24.3 Å². The van der Waals surface area contributed by atoms with Gasteiger partial charge in [0.2, 0.25) is 0 Å². The van der Waals surface area contributed by atoms with Crippen molar-refractivity contribution < 1.29 is 9.90 Å². The lowest BCUT2D eigenvalue weighted by Gasteiger charge is -2.24. The number of aromatic carboxylic acids is 1. The molecular formula is C16H18N2O2S. The molecule has 1 fully saturated rings. The molecule has 2 heterocycles. The predicted octanol–water partition coefficient (Wildman–Crippen LogP) is 3.67. The molecule has 1 saturated heterocycles. The average molecular weight is 302 g/mol. The highest BCUT2D eigenvalue weighted by Gasteiger charge is 2.19. The third-order valence-electron chi connectivity index (χ3n) is 4.05. The molecule has 0 saturated carbocycles. The Bertz CT molecular complexity index is 630. The van der Waals surface area contributed by atoms with E-state index in [9.17, 15) is 4.79 Å². The van der Waals surface area contributed by atoms with E-state index < -0.39 is 5.97 Å². The van der Waals surface area contributed by atoms with Crippen molar-refractivity contribution in [2.75, 3.05) is 13.1 Å². The number of hydrogen-bond acceptors (Lipinski definition) is 4. The van der Waals surface area contributed by atoms with E-state index in [-0.39, 0.29) is 5.69 Å². The van der Waals surface area contributed by atoms with E-state index in [1.54, 1.807) is 5.38 Å². The first-order valence-corrected chi connectivity index (χ1v) is 8.06. The van der Waals surface area contributed by atoms with Crippen molar-refractivity contribution in [3.63, 3.8) is 0 Å². The normalized spacial score (nSPS) is 17.0. The summed E-state index contributed by atoms with van der Waals surface area (Å²) in [5.41, 5.74) is 2.39. The van der Waals surface area contributed by atoms with Crippen LogP contribution in [0.2, 0.25) is 0 Å². The first kappa shape index (κ1) is 14.2. The second-order valence-corrected chi connectivity index (χ2v) is 6.24. The monoisotopic (exact) mass is 302 g/mol. The Morgan fingerprint density at radius 2 is 1.95 bits per heavy atom. The Balaban J connectivity index is 1.78. The van der Waals surface area contributed by atoms with Crippen molar-refractivity contribution in [3.8, 4) is 10.6 Å². The van der Waals surface area contributed by atoms with Gasteiger partial charge in [-0.2, -0.15) is 0 Å². The highest BCUT2D eigenvalue weighted by molar-refractivity contribution is 7.13. The molecule has 1 aliphatic rings. The Labute approximate surface area is 128 Å². The molecule has 0 aliphatic carbocycles. The second kappa shape index (κ2) is 5.95. The van der Waals surface area contributed by atoms with Crippen molar-refractivity contribution in [2.45, 2.75) is 25.8 Å². The molecule has 1 unspecified atom stereocenters. The van der Waals surface area contributed by atoms with Crippen LogP contribution in [-0.2, 0) is 0 Å². The SMILES string of the molecule is CC(c1ccc(-c2nc(C(=O)O)cs2)cc1)N1CCCC1. The summed E-state index contributed by atoms with van der Waals surface area (Å²) < 4.78 is 0. The number of benzene rings is 1.